The molecule has 28 heteroatoms. The highest BCUT2D eigenvalue weighted by atomic mass is 32.2. The van der Waals surface area contributed by atoms with Gasteiger partial charge in [0.2, 0.25) is 11.8 Å². The number of nitrogens with one attached hydrogen (secondary N) is 2. The third-order valence-corrected chi connectivity index (χ3v) is 16.4. The number of aromatic nitrogens is 4. The van der Waals surface area contributed by atoms with Crippen LogP contribution < -0.4 is 16.4 Å². The summed E-state index contributed by atoms with van der Waals surface area (Å²) in [6.45, 7) is 5.03. The first-order chi connectivity index (χ1) is 34.4. The Morgan fingerprint density at radius 3 is 1.99 bits per heavy atom. The number of hydrogen-bond acceptors (Lipinski definition) is 18. The van der Waals surface area contributed by atoms with E-state index in [1.807, 2.05) is 0 Å². The van der Waals surface area contributed by atoms with Gasteiger partial charge in [-0.05, 0) is 12.3 Å². The van der Waals surface area contributed by atoms with Gasteiger partial charge in [-0.3, -0.25) is 32.5 Å². The molecule has 73 heavy (non-hydrogen) atoms. The van der Waals surface area contributed by atoms with Crippen LogP contribution in [0.15, 0.2) is 12.7 Å². The molecule has 2 aromatic heterocycles. The second-order valence-corrected chi connectivity index (χ2v) is 24.8. The van der Waals surface area contributed by atoms with E-state index >= 15 is 0 Å². The standard InChI is InChI=1S/C45H82N7O17P3S/c1-5-6-7-8-9-10-11-12-13-14-15-16-17-18-19-20-21-22-33(2)23-24-36(54)73-28-27-47-35(53)25-26-48-43(57)40(56)45(3,4)30-66-72(63,64)69-71(61,62)65-29-34-39(68-70(58,59)60)38(55)44(67-34)52-32-51-37-41(46)49-31-50-42(37)52/h31-34,38-40,44,55-56H,5-30H2,1-4H3,(H,47,53)(H,48,57)(H,61,62)(H,63,64)(H2,46,49,50)(H2,58,59,60). The van der Waals surface area contributed by atoms with E-state index in [1.165, 1.54) is 123 Å². The normalized spacial score (nSPS) is 19.9. The minimum atomic E-state index is -5.58. The molecular weight excluding hydrogens is 1040 g/mol. The van der Waals surface area contributed by atoms with E-state index in [1.54, 1.807) is 0 Å². The van der Waals surface area contributed by atoms with Crippen molar-refractivity contribution < 1.29 is 80.5 Å². The van der Waals surface area contributed by atoms with Gasteiger partial charge in [-0.15, -0.1) is 0 Å². The molecule has 0 aliphatic carbocycles. The molecule has 1 aliphatic heterocycles. The number of unbranched alkanes of at least 4 members (excludes halogenated alkanes) is 16. The van der Waals surface area contributed by atoms with Gasteiger partial charge in [-0.25, -0.2) is 28.6 Å². The number of carbonyl (C=O) groups excluding carboxylic acids is 3. The number of phosphoric acid groups is 3. The van der Waals surface area contributed by atoms with Crippen molar-refractivity contribution >= 4 is 69.1 Å². The number of nitrogens with two attached hydrogens (primary N) is 1. The Labute approximate surface area is 433 Å². The second kappa shape index (κ2) is 33.0. The highest BCUT2D eigenvalue weighted by Crippen LogP contribution is 2.61. The van der Waals surface area contributed by atoms with Gasteiger partial charge < -0.3 is 50.9 Å². The predicted octanol–water partition coefficient (Wildman–Crippen LogP) is 7.12. The second-order valence-electron chi connectivity index (χ2n) is 19.4. The number of anilines is 1. The number of nitrogens with zero attached hydrogens (tertiary/aromatic N) is 4. The average Bonchev–Trinajstić information content (AvgIpc) is 3.88. The van der Waals surface area contributed by atoms with Crippen LogP contribution in [0.1, 0.15) is 169 Å². The molecule has 8 atom stereocenters. The summed E-state index contributed by atoms with van der Waals surface area (Å²) in [5.41, 5.74) is 4.30. The minimum absolute atomic E-state index is 0.0343. The van der Waals surface area contributed by atoms with Crippen molar-refractivity contribution in [3.05, 3.63) is 12.7 Å². The number of ether oxygens (including phenoxy) is 1. The summed E-state index contributed by atoms with van der Waals surface area (Å²) in [6, 6.07) is 0. The van der Waals surface area contributed by atoms with Crippen molar-refractivity contribution in [3.8, 4) is 0 Å². The average molecular weight is 1120 g/mol. The zero-order valence-corrected chi connectivity index (χ0v) is 46.3. The molecule has 8 unspecified atom stereocenters. The number of amides is 2. The lowest BCUT2D eigenvalue weighted by Crippen LogP contribution is -2.46. The van der Waals surface area contributed by atoms with Gasteiger partial charge in [0.25, 0.3) is 0 Å². The molecule has 2 aromatic rings. The molecule has 24 nitrogen and oxygen atoms in total. The summed E-state index contributed by atoms with van der Waals surface area (Å²) in [7, 11) is -16.4. The van der Waals surface area contributed by atoms with Crippen molar-refractivity contribution in [1.29, 1.82) is 0 Å². The lowest BCUT2D eigenvalue weighted by Gasteiger charge is -2.30. The molecule has 1 fully saturated rings. The van der Waals surface area contributed by atoms with Crippen molar-refractivity contribution in [2.75, 3.05) is 37.8 Å². The number of aliphatic hydroxyl groups excluding tert-OH is 2. The van der Waals surface area contributed by atoms with Crippen LogP contribution in [0.4, 0.5) is 5.82 Å². The molecule has 1 aliphatic rings. The van der Waals surface area contributed by atoms with Crippen LogP contribution in [0.5, 0.6) is 0 Å². The minimum Gasteiger partial charge on any atom is -0.386 e. The fourth-order valence-electron chi connectivity index (χ4n) is 8.09. The molecule has 0 saturated carbocycles. The van der Waals surface area contributed by atoms with Gasteiger partial charge in [-0.2, -0.15) is 4.31 Å². The topological polar surface area (TPSA) is 364 Å². The fraction of sp³-hybridized carbons (Fsp3) is 0.822. The SMILES string of the molecule is CCCCCCCCCCCCCCCCCCCC(C)CCC(=O)SCCNC(=O)CCNC(=O)C(O)C(C)(C)COP(=O)(O)OP(=O)(O)OCC1OC(n2cnc3c(N)ncnc32)C(O)C1OP(=O)(O)O. The molecule has 1 saturated heterocycles. The van der Waals surface area contributed by atoms with E-state index in [-0.39, 0.29) is 41.6 Å². The van der Waals surface area contributed by atoms with E-state index in [4.69, 9.17) is 19.5 Å². The lowest BCUT2D eigenvalue weighted by molar-refractivity contribution is -0.137. The maximum atomic E-state index is 12.8. The summed E-state index contributed by atoms with van der Waals surface area (Å²) >= 11 is 1.16. The number of rotatable bonds is 40. The largest absolute Gasteiger partial charge is 0.481 e. The van der Waals surface area contributed by atoms with Crippen LogP contribution in [0.25, 0.3) is 11.2 Å². The van der Waals surface area contributed by atoms with Crippen molar-refractivity contribution in [3.63, 3.8) is 0 Å². The van der Waals surface area contributed by atoms with Gasteiger partial charge in [-0.1, -0.05) is 155 Å². The summed E-state index contributed by atoms with van der Waals surface area (Å²) in [5, 5.41) is 26.8. The monoisotopic (exact) mass is 1120 g/mol. The quantitative estimate of drug-likeness (QED) is 0.0237. The molecule has 2 amide bonds. The molecule has 10 N–H and O–H groups in total. The zero-order valence-electron chi connectivity index (χ0n) is 42.8. The van der Waals surface area contributed by atoms with Gasteiger partial charge in [0.1, 0.15) is 36.3 Å². The van der Waals surface area contributed by atoms with Crippen LogP contribution >= 0.6 is 35.2 Å². The molecule has 0 radical (unpaired) electrons. The lowest BCUT2D eigenvalue weighted by atomic mass is 9.87. The number of hydrogen-bond donors (Lipinski definition) is 9. The Morgan fingerprint density at radius 1 is 0.822 bits per heavy atom. The van der Waals surface area contributed by atoms with Gasteiger partial charge in [0, 0.05) is 37.1 Å². The van der Waals surface area contributed by atoms with E-state index in [9.17, 15) is 57.9 Å². The number of imidazole rings is 1. The van der Waals surface area contributed by atoms with Crippen molar-refractivity contribution in [2.24, 2.45) is 11.3 Å². The summed E-state index contributed by atoms with van der Waals surface area (Å²) in [5.74, 6) is -0.552. The Bertz CT molecular complexity index is 2120. The molecule has 3 heterocycles. The number of aliphatic hydroxyl groups is 2. The number of nitrogen functional groups attached to an aromatic ring is 1. The van der Waals surface area contributed by atoms with Crippen LogP contribution in [-0.4, -0.2) is 123 Å². The molecule has 0 spiro atoms. The third kappa shape index (κ3) is 25.5. The van der Waals surface area contributed by atoms with Crippen LogP contribution in [0.2, 0.25) is 0 Å². The molecule has 0 bridgehead atoms. The van der Waals surface area contributed by atoms with Crippen molar-refractivity contribution in [2.45, 2.75) is 193 Å². The first-order valence-electron chi connectivity index (χ1n) is 25.5. The molecular formula is C45H82N7O17P3S. The van der Waals surface area contributed by atoms with Crippen LogP contribution in [-0.2, 0) is 50.7 Å². The highest BCUT2D eigenvalue weighted by molar-refractivity contribution is 8.13. The molecule has 420 valence electrons. The maximum Gasteiger partial charge on any atom is 0.481 e. The van der Waals surface area contributed by atoms with Crippen LogP contribution in [0, 0.1) is 11.3 Å². The van der Waals surface area contributed by atoms with Crippen LogP contribution in [0.3, 0.4) is 0 Å². The number of fused-ring (bicyclic) bond motifs is 1. The Hall–Kier alpha value is -2.44. The number of carbonyl (C=O) groups is 3. The number of thioether (sulfide) groups is 1. The Kier molecular flexibility index (Phi) is 29.3. The van der Waals surface area contributed by atoms with Crippen molar-refractivity contribution in [1.82, 2.24) is 30.2 Å². The molecule has 3 rings (SSSR count). The smallest absolute Gasteiger partial charge is 0.386 e. The van der Waals surface area contributed by atoms with Gasteiger partial charge in [0.15, 0.2) is 22.8 Å². The molecule has 0 aromatic carbocycles. The first kappa shape index (κ1) is 64.8. The van der Waals surface area contributed by atoms with E-state index in [0.717, 1.165) is 41.8 Å². The van der Waals surface area contributed by atoms with E-state index in [0.29, 0.717) is 18.1 Å². The first-order valence-corrected chi connectivity index (χ1v) is 31.0. The fourth-order valence-corrected chi connectivity index (χ4v) is 11.6. The summed E-state index contributed by atoms with van der Waals surface area (Å²) in [6.07, 6.45) is 18.3. The van der Waals surface area contributed by atoms with E-state index in [2.05, 4.69) is 48.3 Å². The summed E-state index contributed by atoms with van der Waals surface area (Å²) in [4.78, 5) is 88.8. The Morgan fingerprint density at radius 2 is 1.40 bits per heavy atom. The third-order valence-electron chi connectivity index (χ3n) is 12.4. The predicted molar refractivity (Wildman–Crippen MR) is 274 cm³/mol. The van der Waals surface area contributed by atoms with Gasteiger partial charge in [0.05, 0.1) is 19.5 Å². The Balaban J connectivity index is 1.25. The van der Waals surface area contributed by atoms with Gasteiger partial charge >= 0.3 is 23.5 Å². The number of phosphoric ester groups is 3. The zero-order chi connectivity index (χ0) is 54.1. The maximum absolute atomic E-state index is 12.8. The highest BCUT2D eigenvalue weighted by Gasteiger charge is 2.50. The van der Waals surface area contributed by atoms with E-state index < -0.39 is 84.6 Å². The summed E-state index contributed by atoms with van der Waals surface area (Å²) < 4.78 is 62.6.